The molecule has 2 saturated heterocycles. The smallest absolute Gasteiger partial charge is 0.235 e. The van der Waals surface area contributed by atoms with Crippen LogP contribution in [0.4, 0.5) is 5.69 Å². The SMILES string of the molecule is CN1C(=O)[C@@H]2[C@H](C1=O)[C@@H]1C=C[C@H]2C2=Nc3cc(Cl)ccc3OCN21. The van der Waals surface area contributed by atoms with Crippen molar-refractivity contribution in [2.75, 3.05) is 13.8 Å². The molecule has 24 heavy (non-hydrogen) atoms. The lowest BCUT2D eigenvalue weighted by molar-refractivity contribution is -0.138. The fourth-order valence-corrected chi connectivity index (χ4v) is 4.38. The predicted octanol–water partition coefficient (Wildman–Crippen LogP) is 1.82. The summed E-state index contributed by atoms with van der Waals surface area (Å²) in [6, 6.07) is 5.10. The Labute approximate surface area is 143 Å². The number of aliphatic imine (C=N–C) groups is 1. The summed E-state index contributed by atoms with van der Waals surface area (Å²) in [6.07, 6.45) is 4.00. The van der Waals surface area contributed by atoms with E-state index in [1.54, 1.807) is 25.2 Å². The van der Waals surface area contributed by atoms with Crippen molar-refractivity contribution in [3.05, 3.63) is 35.4 Å². The Morgan fingerprint density at radius 1 is 1.21 bits per heavy atom. The standard InChI is InChI=1S/C17H14ClN3O3/c1-20-16(22)13-9-3-4-11(14(13)17(20)23)21-7-24-12-5-2-8(18)6-10(12)19-15(9)21/h2-6,9,11,13-14H,7H2,1H3/t9-,11+,13+,14-/m1/s1. The molecule has 0 N–H and O–H groups in total. The minimum atomic E-state index is -0.367. The topological polar surface area (TPSA) is 62.2 Å². The van der Waals surface area contributed by atoms with Crippen LogP contribution in [0.25, 0.3) is 0 Å². The number of hydrogen-bond acceptors (Lipinski definition) is 5. The second-order valence-electron chi connectivity index (χ2n) is 6.51. The number of fused-ring (bicyclic) bond motifs is 1. The van der Waals surface area contributed by atoms with Gasteiger partial charge in [-0.1, -0.05) is 23.8 Å². The number of nitrogens with zero attached hydrogens (tertiary/aromatic N) is 3. The molecule has 2 bridgehead atoms. The summed E-state index contributed by atoms with van der Waals surface area (Å²) < 4.78 is 5.87. The number of amidine groups is 1. The fraction of sp³-hybridized carbons (Fsp3) is 0.353. The van der Waals surface area contributed by atoms with E-state index in [4.69, 9.17) is 21.3 Å². The van der Waals surface area contributed by atoms with E-state index in [9.17, 15) is 9.59 Å². The number of halogens is 1. The first kappa shape index (κ1) is 14.0. The average molecular weight is 344 g/mol. The van der Waals surface area contributed by atoms with Gasteiger partial charge in [-0.05, 0) is 18.2 Å². The summed E-state index contributed by atoms with van der Waals surface area (Å²) in [5.41, 5.74) is 0.655. The number of benzene rings is 1. The molecule has 0 unspecified atom stereocenters. The van der Waals surface area contributed by atoms with Gasteiger partial charge in [0, 0.05) is 18.0 Å². The number of carbonyl (C=O) groups is 2. The lowest BCUT2D eigenvalue weighted by atomic mass is 9.69. The van der Waals surface area contributed by atoms with Gasteiger partial charge in [0.05, 0.1) is 17.9 Å². The van der Waals surface area contributed by atoms with Gasteiger partial charge in [0.25, 0.3) is 0 Å². The number of hydrogen-bond donors (Lipinski definition) is 0. The second kappa shape index (κ2) is 4.60. The quantitative estimate of drug-likeness (QED) is 0.532. The van der Waals surface area contributed by atoms with Crippen LogP contribution in [0, 0.1) is 17.8 Å². The number of amides is 2. The summed E-state index contributed by atoms with van der Waals surface area (Å²) in [5.74, 6) is 0.256. The van der Waals surface area contributed by atoms with E-state index in [0.29, 0.717) is 23.2 Å². The third-order valence-electron chi connectivity index (χ3n) is 5.36. The molecule has 7 heteroatoms. The maximum absolute atomic E-state index is 12.5. The Hall–Kier alpha value is -2.34. The third kappa shape index (κ3) is 1.64. The molecule has 4 aliphatic heterocycles. The Morgan fingerprint density at radius 2 is 2.00 bits per heavy atom. The molecule has 0 saturated carbocycles. The number of piperidine rings is 1. The number of likely N-dealkylation sites (tertiary alicyclic amines) is 1. The summed E-state index contributed by atoms with van der Waals surface area (Å²) in [6.45, 7) is 0.299. The van der Waals surface area contributed by atoms with Crippen LogP contribution in [-0.2, 0) is 9.59 Å². The predicted molar refractivity (Wildman–Crippen MR) is 87.1 cm³/mol. The molecule has 0 aromatic heterocycles. The van der Waals surface area contributed by atoms with Crippen molar-refractivity contribution in [3.63, 3.8) is 0 Å². The van der Waals surface area contributed by atoms with E-state index >= 15 is 0 Å². The molecule has 1 aliphatic carbocycles. The Morgan fingerprint density at radius 3 is 2.83 bits per heavy atom. The first-order valence-electron chi connectivity index (χ1n) is 7.83. The number of carbonyl (C=O) groups excluding carboxylic acids is 2. The van der Waals surface area contributed by atoms with E-state index in [1.165, 1.54) is 4.90 Å². The van der Waals surface area contributed by atoms with Crippen molar-refractivity contribution in [2.45, 2.75) is 6.04 Å². The molecule has 0 radical (unpaired) electrons. The van der Waals surface area contributed by atoms with E-state index in [-0.39, 0.29) is 35.6 Å². The van der Waals surface area contributed by atoms with Crippen LogP contribution >= 0.6 is 11.6 Å². The summed E-state index contributed by atoms with van der Waals surface area (Å²) >= 11 is 6.08. The van der Waals surface area contributed by atoms with E-state index in [0.717, 1.165) is 5.84 Å². The van der Waals surface area contributed by atoms with Crippen molar-refractivity contribution < 1.29 is 14.3 Å². The molecule has 0 spiro atoms. The molecular formula is C17H14ClN3O3. The van der Waals surface area contributed by atoms with Crippen LogP contribution in [0.3, 0.4) is 0 Å². The van der Waals surface area contributed by atoms with Crippen LogP contribution in [0.5, 0.6) is 5.75 Å². The zero-order valence-electron chi connectivity index (χ0n) is 12.8. The van der Waals surface area contributed by atoms with Gasteiger partial charge in [-0.2, -0.15) is 0 Å². The van der Waals surface area contributed by atoms with Crippen LogP contribution in [0.1, 0.15) is 0 Å². The van der Waals surface area contributed by atoms with Gasteiger partial charge in [-0.15, -0.1) is 0 Å². The Bertz CT molecular complexity index is 849. The van der Waals surface area contributed by atoms with E-state index < -0.39 is 0 Å². The molecule has 1 aromatic carbocycles. The maximum Gasteiger partial charge on any atom is 0.235 e. The highest BCUT2D eigenvalue weighted by Crippen LogP contribution is 2.47. The normalized spacial score (nSPS) is 32.8. The average Bonchev–Trinajstić information content (AvgIpc) is 2.75. The third-order valence-corrected chi connectivity index (χ3v) is 5.59. The van der Waals surface area contributed by atoms with Gasteiger partial charge < -0.3 is 9.64 Å². The van der Waals surface area contributed by atoms with Crippen molar-refractivity contribution in [3.8, 4) is 5.75 Å². The molecular weight excluding hydrogens is 330 g/mol. The molecule has 2 fully saturated rings. The minimum Gasteiger partial charge on any atom is -0.471 e. The van der Waals surface area contributed by atoms with Gasteiger partial charge in [-0.25, -0.2) is 4.99 Å². The Balaban J connectivity index is 1.66. The first-order valence-corrected chi connectivity index (χ1v) is 8.21. The monoisotopic (exact) mass is 343 g/mol. The highest BCUT2D eigenvalue weighted by molar-refractivity contribution is 6.31. The molecule has 6 rings (SSSR count). The molecule has 122 valence electrons. The molecule has 4 atom stereocenters. The van der Waals surface area contributed by atoms with E-state index in [2.05, 4.69) is 0 Å². The maximum atomic E-state index is 12.5. The van der Waals surface area contributed by atoms with Gasteiger partial charge in [-0.3, -0.25) is 14.5 Å². The van der Waals surface area contributed by atoms with Gasteiger partial charge >= 0.3 is 0 Å². The molecule has 5 aliphatic rings. The second-order valence-corrected chi connectivity index (χ2v) is 6.95. The zero-order valence-corrected chi connectivity index (χ0v) is 13.6. The van der Waals surface area contributed by atoms with Crippen molar-refractivity contribution in [1.29, 1.82) is 0 Å². The van der Waals surface area contributed by atoms with Crippen LogP contribution in [0.2, 0.25) is 5.02 Å². The lowest BCUT2D eigenvalue weighted by Gasteiger charge is -2.47. The minimum absolute atomic E-state index is 0.117. The summed E-state index contributed by atoms with van der Waals surface area (Å²) in [7, 11) is 1.56. The lowest BCUT2D eigenvalue weighted by Crippen LogP contribution is -2.59. The van der Waals surface area contributed by atoms with Crippen molar-refractivity contribution >= 4 is 34.9 Å². The largest absolute Gasteiger partial charge is 0.471 e. The van der Waals surface area contributed by atoms with Gasteiger partial charge in [0.15, 0.2) is 6.73 Å². The van der Waals surface area contributed by atoms with Crippen LogP contribution in [-0.4, -0.2) is 47.3 Å². The van der Waals surface area contributed by atoms with E-state index in [1.807, 2.05) is 17.1 Å². The molecule has 2 amide bonds. The van der Waals surface area contributed by atoms with Gasteiger partial charge in [0.2, 0.25) is 11.8 Å². The summed E-state index contributed by atoms with van der Waals surface area (Å²) in [4.78, 5) is 33.0. The highest BCUT2D eigenvalue weighted by Gasteiger charge is 2.60. The highest BCUT2D eigenvalue weighted by atomic mass is 35.5. The number of imide groups is 1. The number of rotatable bonds is 0. The first-order chi connectivity index (χ1) is 11.6. The molecule has 1 aromatic rings. The van der Waals surface area contributed by atoms with Gasteiger partial charge in [0.1, 0.15) is 17.3 Å². The van der Waals surface area contributed by atoms with Crippen molar-refractivity contribution in [2.24, 2.45) is 22.7 Å². The summed E-state index contributed by atoms with van der Waals surface area (Å²) in [5, 5.41) is 0.580. The molecule has 6 nitrogen and oxygen atoms in total. The zero-order chi connectivity index (χ0) is 16.6. The molecule has 4 heterocycles. The fourth-order valence-electron chi connectivity index (χ4n) is 4.21. The van der Waals surface area contributed by atoms with Crippen molar-refractivity contribution in [1.82, 2.24) is 9.80 Å². The Kier molecular flexibility index (Phi) is 2.69. The van der Waals surface area contributed by atoms with Crippen LogP contribution < -0.4 is 4.74 Å². The number of ether oxygens (including phenoxy) is 1. The van der Waals surface area contributed by atoms with Crippen LogP contribution in [0.15, 0.2) is 35.3 Å².